The molecular formula is C8H13N3O3S. The van der Waals surface area contributed by atoms with Crippen LogP contribution in [0.1, 0.15) is 29.5 Å². The molecule has 6 nitrogen and oxygen atoms in total. The summed E-state index contributed by atoms with van der Waals surface area (Å²) in [6.45, 7) is 2.00. The van der Waals surface area contributed by atoms with Gasteiger partial charge in [-0.1, -0.05) is 13.3 Å². The minimum Gasteiger partial charge on any atom is -0.282 e. The standard InChI is InChI=1S/C8H13N3O3S/c1-3-4-6-5-7(10-9-6)8(12)11-15(2,13)14/h5H,3-4H2,1-2H3,(H,9,10)(H,11,12). The number of aryl methyl sites for hydroxylation is 1. The number of H-pyrrole nitrogens is 1. The van der Waals surface area contributed by atoms with Crippen LogP contribution in [0.5, 0.6) is 0 Å². The Morgan fingerprint density at radius 1 is 1.60 bits per heavy atom. The summed E-state index contributed by atoms with van der Waals surface area (Å²) >= 11 is 0. The van der Waals surface area contributed by atoms with Gasteiger partial charge >= 0.3 is 0 Å². The first-order valence-electron chi connectivity index (χ1n) is 4.49. The van der Waals surface area contributed by atoms with Crippen molar-refractivity contribution in [3.05, 3.63) is 17.5 Å². The molecule has 2 N–H and O–H groups in total. The largest absolute Gasteiger partial charge is 0.285 e. The van der Waals surface area contributed by atoms with E-state index in [2.05, 4.69) is 10.2 Å². The normalized spacial score (nSPS) is 11.3. The SMILES string of the molecule is CCCc1cc(C(=O)NS(C)(=O)=O)n[nH]1. The molecule has 0 spiro atoms. The van der Waals surface area contributed by atoms with Crippen LogP contribution in [0.4, 0.5) is 0 Å². The fraction of sp³-hybridized carbons (Fsp3) is 0.500. The molecule has 0 saturated carbocycles. The van der Waals surface area contributed by atoms with Gasteiger partial charge in [-0.2, -0.15) is 5.10 Å². The monoisotopic (exact) mass is 231 g/mol. The first-order valence-corrected chi connectivity index (χ1v) is 6.38. The topological polar surface area (TPSA) is 91.9 Å². The second kappa shape index (κ2) is 4.43. The van der Waals surface area contributed by atoms with Gasteiger partial charge < -0.3 is 0 Å². The Morgan fingerprint density at radius 2 is 2.27 bits per heavy atom. The molecule has 15 heavy (non-hydrogen) atoms. The van der Waals surface area contributed by atoms with Crippen LogP contribution < -0.4 is 4.72 Å². The van der Waals surface area contributed by atoms with Crippen LogP contribution in [0.15, 0.2) is 6.07 Å². The molecule has 0 aliphatic carbocycles. The fourth-order valence-electron chi connectivity index (χ4n) is 1.10. The average molecular weight is 231 g/mol. The molecular weight excluding hydrogens is 218 g/mol. The minimum absolute atomic E-state index is 0.0869. The highest BCUT2D eigenvalue weighted by Gasteiger charge is 2.13. The molecule has 7 heteroatoms. The van der Waals surface area contributed by atoms with Crippen molar-refractivity contribution in [2.24, 2.45) is 0 Å². The number of hydrogen-bond donors (Lipinski definition) is 2. The maximum Gasteiger partial charge on any atom is 0.285 e. The zero-order valence-electron chi connectivity index (χ0n) is 8.57. The van der Waals surface area contributed by atoms with Crippen molar-refractivity contribution in [3.8, 4) is 0 Å². The molecule has 1 aromatic heterocycles. The molecule has 0 radical (unpaired) electrons. The molecule has 84 valence electrons. The van der Waals surface area contributed by atoms with Gasteiger partial charge in [0.25, 0.3) is 5.91 Å². The van der Waals surface area contributed by atoms with Crippen LogP contribution in [0.25, 0.3) is 0 Å². The third-order valence-electron chi connectivity index (χ3n) is 1.66. The first-order chi connectivity index (χ1) is 6.92. The van der Waals surface area contributed by atoms with Crippen molar-refractivity contribution in [1.82, 2.24) is 14.9 Å². The first kappa shape index (κ1) is 11.7. The van der Waals surface area contributed by atoms with Crippen LogP contribution in [0.3, 0.4) is 0 Å². The number of aromatic nitrogens is 2. The van der Waals surface area contributed by atoms with Crippen molar-refractivity contribution >= 4 is 15.9 Å². The highest BCUT2D eigenvalue weighted by molar-refractivity contribution is 7.89. The van der Waals surface area contributed by atoms with E-state index >= 15 is 0 Å². The lowest BCUT2D eigenvalue weighted by atomic mass is 10.2. The van der Waals surface area contributed by atoms with Crippen LogP contribution in [0, 0.1) is 0 Å². The van der Waals surface area contributed by atoms with Gasteiger partial charge in [-0.05, 0) is 12.5 Å². The summed E-state index contributed by atoms with van der Waals surface area (Å²) < 4.78 is 23.4. The number of hydrogen-bond acceptors (Lipinski definition) is 4. The van der Waals surface area contributed by atoms with Crippen molar-refractivity contribution in [1.29, 1.82) is 0 Å². The van der Waals surface area contributed by atoms with Gasteiger partial charge in [0.05, 0.1) is 6.26 Å². The van der Waals surface area contributed by atoms with E-state index in [0.717, 1.165) is 24.8 Å². The Labute approximate surface area is 88.1 Å². The Hall–Kier alpha value is -1.37. The quantitative estimate of drug-likeness (QED) is 0.766. The highest BCUT2D eigenvalue weighted by Crippen LogP contribution is 2.02. The number of aromatic amines is 1. The highest BCUT2D eigenvalue weighted by atomic mass is 32.2. The molecule has 0 saturated heterocycles. The summed E-state index contributed by atoms with van der Waals surface area (Å²) in [5.74, 6) is -0.712. The Bertz CT molecular complexity index is 449. The number of nitrogens with one attached hydrogen (secondary N) is 2. The van der Waals surface area contributed by atoms with Crippen molar-refractivity contribution in [2.45, 2.75) is 19.8 Å². The van der Waals surface area contributed by atoms with Gasteiger partial charge in [0.1, 0.15) is 0 Å². The molecule has 0 unspecified atom stereocenters. The molecule has 1 rings (SSSR count). The Balaban J connectivity index is 2.74. The Morgan fingerprint density at radius 3 is 2.80 bits per heavy atom. The van der Waals surface area contributed by atoms with Gasteiger partial charge in [-0.3, -0.25) is 9.89 Å². The molecule has 1 aromatic rings. The molecule has 0 aliphatic rings. The maximum absolute atomic E-state index is 11.3. The summed E-state index contributed by atoms with van der Waals surface area (Å²) in [6, 6.07) is 1.55. The van der Waals surface area contributed by atoms with Gasteiger partial charge in [-0.15, -0.1) is 0 Å². The number of carbonyl (C=O) groups is 1. The van der Waals surface area contributed by atoms with Gasteiger partial charge in [0.2, 0.25) is 10.0 Å². The molecule has 0 bridgehead atoms. The van der Waals surface area contributed by atoms with Crippen LogP contribution in [-0.2, 0) is 16.4 Å². The van der Waals surface area contributed by atoms with Crippen molar-refractivity contribution < 1.29 is 13.2 Å². The lowest BCUT2D eigenvalue weighted by Crippen LogP contribution is -2.29. The third-order valence-corrected chi connectivity index (χ3v) is 2.22. The van der Waals surface area contributed by atoms with Gasteiger partial charge in [-0.25, -0.2) is 13.1 Å². The van der Waals surface area contributed by atoms with Crippen LogP contribution in [0.2, 0.25) is 0 Å². The van der Waals surface area contributed by atoms with Gasteiger partial charge in [0.15, 0.2) is 5.69 Å². The zero-order valence-corrected chi connectivity index (χ0v) is 9.39. The fourth-order valence-corrected chi connectivity index (χ4v) is 1.54. The summed E-state index contributed by atoms with van der Waals surface area (Å²) in [5, 5.41) is 6.39. The summed E-state index contributed by atoms with van der Waals surface area (Å²) in [6.07, 6.45) is 2.62. The van der Waals surface area contributed by atoms with Crippen molar-refractivity contribution in [2.75, 3.05) is 6.26 Å². The average Bonchev–Trinajstić information content (AvgIpc) is 2.50. The summed E-state index contributed by atoms with van der Waals surface area (Å²) in [4.78, 5) is 11.3. The molecule has 0 aromatic carbocycles. The Kier molecular flexibility index (Phi) is 3.46. The second-order valence-corrected chi connectivity index (χ2v) is 4.98. The van der Waals surface area contributed by atoms with E-state index in [1.807, 2.05) is 11.6 Å². The van der Waals surface area contributed by atoms with E-state index in [0.29, 0.717) is 0 Å². The van der Waals surface area contributed by atoms with E-state index in [1.165, 1.54) is 0 Å². The number of sulfonamides is 1. The van der Waals surface area contributed by atoms with E-state index in [-0.39, 0.29) is 5.69 Å². The number of carbonyl (C=O) groups excluding carboxylic acids is 1. The molecule has 1 amide bonds. The number of nitrogens with zero attached hydrogens (tertiary/aromatic N) is 1. The van der Waals surface area contributed by atoms with E-state index in [9.17, 15) is 13.2 Å². The van der Waals surface area contributed by atoms with Crippen LogP contribution >= 0.6 is 0 Å². The zero-order chi connectivity index (χ0) is 11.5. The van der Waals surface area contributed by atoms with Crippen LogP contribution in [-0.4, -0.2) is 30.8 Å². The molecule has 1 heterocycles. The summed E-state index contributed by atoms with van der Waals surface area (Å²) in [5.41, 5.74) is 0.903. The lowest BCUT2D eigenvalue weighted by Gasteiger charge is -1.97. The number of amides is 1. The summed E-state index contributed by atoms with van der Waals surface area (Å²) in [7, 11) is -3.53. The molecule has 0 fully saturated rings. The van der Waals surface area contributed by atoms with E-state index in [1.54, 1.807) is 6.07 Å². The van der Waals surface area contributed by atoms with Gasteiger partial charge in [0, 0.05) is 5.69 Å². The maximum atomic E-state index is 11.3. The predicted octanol–water partition coefficient (Wildman–Crippen LogP) is 0.0516. The number of rotatable bonds is 4. The van der Waals surface area contributed by atoms with E-state index in [4.69, 9.17) is 0 Å². The molecule has 0 atom stereocenters. The second-order valence-electron chi connectivity index (χ2n) is 3.23. The minimum atomic E-state index is -3.53. The van der Waals surface area contributed by atoms with Crippen molar-refractivity contribution in [3.63, 3.8) is 0 Å². The molecule has 0 aliphatic heterocycles. The third kappa shape index (κ3) is 3.70. The smallest absolute Gasteiger partial charge is 0.282 e. The van der Waals surface area contributed by atoms with E-state index < -0.39 is 15.9 Å². The predicted molar refractivity (Wildman–Crippen MR) is 54.9 cm³/mol. The lowest BCUT2D eigenvalue weighted by molar-refractivity contribution is 0.0977.